The van der Waals surface area contributed by atoms with E-state index < -0.39 is 0 Å². The molecule has 2 nitrogen and oxygen atoms in total. The summed E-state index contributed by atoms with van der Waals surface area (Å²) in [5.41, 5.74) is 0.414. The standard InChI is InChI=1S/C13H17ClO2/c1-12(2)13(3,4)16-11(15-12)9-5-7-10(14)8-6-9/h5-8,11H,1-4H3. The fourth-order valence-corrected chi connectivity index (χ4v) is 1.73. The normalized spacial score (nSPS) is 23.6. The molecule has 0 bridgehead atoms. The first-order chi connectivity index (χ1) is 7.32. The molecule has 0 N–H and O–H groups in total. The van der Waals surface area contributed by atoms with Gasteiger partial charge in [-0.25, -0.2) is 0 Å². The Morgan fingerprint density at radius 1 is 0.938 bits per heavy atom. The largest absolute Gasteiger partial charge is 0.339 e. The van der Waals surface area contributed by atoms with Gasteiger partial charge in [-0.15, -0.1) is 0 Å². The summed E-state index contributed by atoms with van der Waals surface area (Å²) in [6.07, 6.45) is -0.303. The molecule has 16 heavy (non-hydrogen) atoms. The lowest BCUT2D eigenvalue weighted by molar-refractivity contribution is -0.0895. The first-order valence-electron chi connectivity index (χ1n) is 5.43. The van der Waals surface area contributed by atoms with Gasteiger partial charge in [0.15, 0.2) is 6.29 Å². The van der Waals surface area contributed by atoms with Crippen molar-refractivity contribution in [1.82, 2.24) is 0 Å². The Bertz CT molecular complexity index is 365. The van der Waals surface area contributed by atoms with Crippen LogP contribution in [-0.4, -0.2) is 11.2 Å². The summed E-state index contributed by atoms with van der Waals surface area (Å²) in [5, 5.41) is 0.722. The Morgan fingerprint density at radius 2 is 1.38 bits per heavy atom. The van der Waals surface area contributed by atoms with Gasteiger partial charge in [0.05, 0.1) is 11.2 Å². The van der Waals surface area contributed by atoms with Crippen molar-refractivity contribution in [3.8, 4) is 0 Å². The third-order valence-electron chi connectivity index (χ3n) is 3.40. The summed E-state index contributed by atoms with van der Waals surface area (Å²) in [5.74, 6) is 0. The van der Waals surface area contributed by atoms with Crippen LogP contribution in [0.4, 0.5) is 0 Å². The quantitative estimate of drug-likeness (QED) is 0.740. The van der Waals surface area contributed by atoms with Gasteiger partial charge in [0.2, 0.25) is 0 Å². The van der Waals surface area contributed by atoms with E-state index in [1.165, 1.54) is 0 Å². The van der Waals surface area contributed by atoms with E-state index in [1.54, 1.807) is 0 Å². The third kappa shape index (κ3) is 1.97. The molecule has 1 aromatic carbocycles. The van der Waals surface area contributed by atoms with Crippen molar-refractivity contribution in [2.45, 2.75) is 45.2 Å². The van der Waals surface area contributed by atoms with Crippen LogP contribution in [0.5, 0.6) is 0 Å². The van der Waals surface area contributed by atoms with E-state index in [0.717, 1.165) is 10.6 Å². The van der Waals surface area contributed by atoms with Gasteiger partial charge in [-0.05, 0) is 39.8 Å². The molecular weight excluding hydrogens is 224 g/mol. The van der Waals surface area contributed by atoms with Crippen LogP contribution in [0, 0.1) is 0 Å². The molecule has 2 rings (SSSR count). The molecule has 1 saturated heterocycles. The van der Waals surface area contributed by atoms with E-state index in [-0.39, 0.29) is 17.5 Å². The van der Waals surface area contributed by atoms with Crippen LogP contribution in [0.2, 0.25) is 5.02 Å². The molecule has 88 valence electrons. The zero-order valence-corrected chi connectivity index (χ0v) is 10.8. The van der Waals surface area contributed by atoms with Crippen molar-refractivity contribution in [3.63, 3.8) is 0 Å². The molecule has 1 aliphatic heterocycles. The van der Waals surface area contributed by atoms with Crippen molar-refractivity contribution in [3.05, 3.63) is 34.9 Å². The lowest BCUT2D eigenvalue weighted by Crippen LogP contribution is -2.41. The molecule has 0 aromatic heterocycles. The number of benzene rings is 1. The van der Waals surface area contributed by atoms with Crippen molar-refractivity contribution >= 4 is 11.6 Å². The molecule has 0 radical (unpaired) electrons. The van der Waals surface area contributed by atoms with Crippen molar-refractivity contribution < 1.29 is 9.47 Å². The van der Waals surface area contributed by atoms with Crippen LogP contribution in [0.15, 0.2) is 24.3 Å². The van der Waals surface area contributed by atoms with E-state index in [2.05, 4.69) is 0 Å². The molecule has 0 saturated carbocycles. The lowest BCUT2D eigenvalue weighted by Gasteiger charge is -2.30. The van der Waals surface area contributed by atoms with Crippen LogP contribution >= 0.6 is 11.6 Å². The summed E-state index contributed by atoms with van der Waals surface area (Å²) in [4.78, 5) is 0. The van der Waals surface area contributed by atoms with Crippen LogP contribution in [0.25, 0.3) is 0 Å². The van der Waals surface area contributed by atoms with Gasteiger partial charge in [-0.3, -0.25) is 0 Å². The Hall–Kier alpha value is -0.570. The average molecular weight is 241 g/mol. The molecule has 0 aliphatic carbocycles. The molecule has 1 fully saturated rings. The van der Waals surface area contributed by atoms with Gasteiger partial charge >= 0.3 is 0 Å². The highest BCUT2D eigenvalue weighted by Gasteiger charge is 2.49. The minimum atomic E-state index is -0.303. The number of halogens is 1. The molecular formula is C13H17ClO2. The smallest absolute Gasteiger partial charge is 0.185 e. The Balaban J connectivity index is 2.23. The highest BCUT2D eigenvalue weighted by atomic mass is 35.5. The zero-order valence-electron chi connectivity index (χ0n) is 10.1. The van der Waals surface area contributed by atoms with E-state index in [0.29, 0.717) is 0 Å². The summed E-state index contributed by atoms with van der Waals surface area (Å²) in [6, 6.07) is 7.57. The molecule has 1 aromatic rings. The average Bonchev–Trinajstić information content (AvgIpc) is 2.37. The minimum absolute atomic E-state index is 0.294. The van der Waals surface area contributed by atoms with Crippen molar-refractivity contribution in [1.29, 1.82) is 0 Å². The fourth-order valence-electron chi connectivity index (χ4n) is 1.60. The minimum Gasteiger partial charge on any atom is -0.339 e. The Kier molecular flexibility index (Phi) is 2.77. The van der Waals surface area contributed by atoms with Crippen LogP contribution in [-0.2, 0) is 9.47 Å². The van der Waals surface area contributed by atoms with Crippen molar-refractivity contribution in [2.75, 3.05) is 0 Å². The summed E-state index contributed by atoms with van der Waals surface area (Å²) in [7, 11) is 0. The molecule has 0 spiro atoms. The Labute approximate surface area is 102 Å². The molecule has 3 heteroatoms. The van der Waals surface area contributed by atoms with Gasteiger partial charge in [-0.2, -0.15) is 0 Å². The number of hydrogen-bond acceptors (Lipinski definition) is 2. The van der Waals surface area contributed by atoms with Crippen LogP contribution < -0.4 is 0 Å². The second-order valence-electron chi connectivity index (χ2n) is 5.14. The van der Waals surface area contributed by atoms with Gasteiger partial charge < -0.3 is 9.47 Å². The summed E-state index contributed by atoms with van der Waals surface area (Å²) in [6.45, 7) is 8.18. The highest BCUT2D eigenvalue weighted by Crippen LogP contribution is 2.44. The van der Waals surface area contributed by atoms with E-state index in [4.69, 9.17) is 21.1 Å². The maximum absolute atomic E-state index is 5.92. The fraction of sp³-hybridized carbons (Fsp3) is 0.538. The second-order valence-corrected chi connectivity index (χ2v) is 5.58. The van der Waals surface area contributed by atoms with Crippen molar-refractivity contribution in [2.24, 2.45) is 0 Å². The zero-order chi connectivity index (χ0) is 12.0. The Morgan fingerprint density at radius 3 is 1.81 bits per heavy atom. The van der Waals surface area contributed by atoms with Gasteiger partial charge in [0.25, 0.3) is 0 Å². The maximum atomic E-state index is 5.92. The SMILES string of the molecule is CC1(C)OC(c2ccc(Cl)cc2)OC1(C)C. The third-order valence-corrected chi connectivity index (χ3v) is 3.65. The van der Waals surface area contributed by atoms with Crippen LogP contribution in [0.3, 0.4) is 0 Å². The van der Waals surface area contributed by atoms with E-state index in [1.807, 2.05) is 52.0 Å². The predicted molar refractivity (Wildman–Crippen MR) is 64.5 cm³/mol. The second kappa shape index (κ2) is 3.73. The summed E-state index contributed by atoms with van der Waals surface area (Å²) >= 11 is 5.85. The van der Waals surface area contributed by atoms with Gasteiger partial charge in [-0.1, -0.05) is 23.7 Å². The van der Waals surface area contributed by atoms with Crippen LogP contribution in [0.1, 0.15) is 39.5 Å². The van der Waals surface area contributed by atoms with Gasteiger partial charge in [0.1, 0.15) is 0 Å². The molecule has 0 atom stereocenters. The van der Waals surface area contributed by atoms with E-state index in [9.17, 15) is 0 Å². The molecule has 0 amide bonds. The highest BCUT2D eigenvalue weighted by molar-refractivity contribution is 6.30. The monoisotopic (exact) mass is 240 g/mol. The first-order valence-corrected chi connectivity index (χ1v) is 5.81. The summed E-state index contributed by atoms with van der Waals surface area (Å²) < 4.78 is 11.8. The number of rotatable bonds is 1. The molecule has 0 unspecified atom stereocenters. The molecule has 1 aliphatic rings. The number of hydrogen-bond donors (Lipinski definition) is 0. The lowest BCUT2D eigenvalue weighted by atomic mass is 9.90. The number of ether oxygens (including phenoxy) is 2. The maximum Gasteiger partial charge on any atom is 0.185 e. The molecule has 1 heterocycles. The first kappa shape index (κ1) is 11.9. The van der Waals surface area contributed by atoms with Gasteiger partial charge in [0, 0.05) is 10.6 Å². The topological polar surface area (TPSA) is 18.5 Å². The van der Waals surface area contributed by atoms with E-state index >= 15 is 0 Å². The predicted octanol–water partition coefficient (Wildman–Crippen LogP) is 3.94.